The van der Waals surface area contributed by atoms with Gasteiger partial charge in [0.2, 0.25) is 0 Å². The Balaban J connectivity index is 1.75. The standard InChI is InChI=1S/C26H28NO5/c1-4-8-16-13-20(29)31-25-21(16)24-18(9-10-26(2,3)32-24)23-22(25)19(28)14-17(30-23)15-27-11-6-5-7-12-27/h9-10,15H,4-8,11-12,14H2,1-3H3. The lowest BCUT2D eigenvalue weighted by molar-refractivity contribution is 0.0961. The summed E-state index contributed by atoms with van der Waals surface area (Å²) in [6.07, 6.45) is 11.0. The molecule has 0 unspecified atom stereocenters. The lowest BCUT2D eigenvalue weighted by Gasteiger charge is -2.32. The first-order valence-electron chi connectivity index (χ1n) is 11.5. The monoisotopic (exact) mass is 434 g/mol. The van der Waals surface area contributed by atoms with E-state index in [1.807, 2.05) is 39.1 Å². The average molecular weight is 435 g/mol. The minimum absolute atomic E-state index is 0.114. The molecule has 0 saturated carbocycles. The van der Waals surface area contributed by atoms with Crippen LogP contribution in [0.1, 0.15) is 74.4 Å². The van der Waals surface area contributed by atoms with Crippen LogP contribution in [-0.2, 0) is 6.42 Å². The van der Waals surface area contributed by atoms with Crippen molar-refractivity contribution in [1.82, 2.24) is 4.90 Å². The molecule has 0 N–H and O–H groups in total. The Hall–Kier alpha value is -3.02. The molecule has 0 bridgehead atoms. The number of nitrogens with zero attached hydrogens (tertiary/aromatic N) is 1. The predicted octanol–water partition coefficient (Wildman–Crippen LogP) is 5.02. The second kappa shape index (κ2) is 7.84. The lowest BCUT2D eigenvalue weighted by atomic mass is 9.90. The molecule has 1 aromatic carbocycles. The molecule has 0 spiro atoms. The van der Waals surface area contributed by atoms with Gasteiger partial charge in [0.15, 0.2) is 17.1 Å². The van der Waals surface area contributed by atoms with E-state index >= 15 is 0 Å². The molecule has 0 amide bonds. The summed E-state index contributed by atoms with van der Waals surface area (Å²) in [4.78, 5) is 27.9. The molecule has 1 saturated heterocycles. The van der Waals surface area contributed by atoms with Gasteiger partial charge >= 0.3 is 5.63 Å². The van der Waals surface area contributed by atoms with Gasteiger partial charge in [-0.2, -0.15) is 0 Å². The number of ketones is 1. The van der Waals surface area contributed by atoms with Gasteiger partial charge in [0.1, 0.15) is 22.7 Å². The van der Waals surface area contributed by atoms with Gasteiger partial charge in [-0.25, -0.2) is 4.79 Å². The van der Waals surface area contributed by atoms with Gasteiger partial charge in [-0.15, -0.1) is 0 Å². The Morgan fingerprint density at radius 3 is 2.69 bits per heavy atom. The van der Waals surface area contributed by atoms with Crippen LogP contribution in [0.4, 0.5) is 0 Å². The van der Waals surface area contributed by atoms with Crippen molar-refractivity contribution in [2.75, 3.05) is 13.1 Å². The van der Waals surface area contributed by atoms with Crippen LogP contribution in [0.2, 0.25) is 0 Å². The summed E-state index contributed by atoms with van der Waals surface area (Å²) in [6.45, 7) is 7.90. The van der Waals surface area contributed by atoms with E-state index in [1.54, 1.807) is 0 Å². The quantitative estimate of drug-likeness (QED) is 0.632. The first-order chi connectivity index (χ1) is 15.4. The third-order valence-corrected chi connectivity index (χ3v) is 6.23. The van der Waals surface area contributed by atoms with Crippen molar-refractivity contribution < 1.29 is 18.7 Å². The van der Waals surface area contributed by atoms with Gasteiger partial charge in [0.05, 0.1) is 23.4 Å². The molecule has 3 aliphatic rings. The third kappa shape index (κ3) is 3.61. The predicted molar refractivity (Wildman–Crippen MR) is 122 cm³/mol. The van der Waals surface area contributed by atoms with E-state index in [-0.39, 0.29) is 17.8 Å². The smallest absolute Gasteiger partial charge is 0.344 e. The summed E-state index contributed by atoms with van der Waals surface area (Å²) >= 11 is 0. The van der Waals surface area contributed by atoms with E-state index in [2.05, 4.69) is 11.0 Å². The Bertz CT molecular complexity index is 1210. The molecule has 3 aliphatic heterocycles. The fourth-order valence-corrected chi connectivity index (χ4v) is 4.76. The molecule has 6 heteroatoms. The second-order valence-electron chi connectivity index (χ2n) is 9.33. The number of benzene rings is 1. The average Bonchev–Trinajstić information content (AvgIpc) is 2.73. The fraction of sp³-hybridized carbons (Fsp3) is 0.462. The summed E-state index contributed by atoms with van der Waals surface area (Å²) in [5.41, 5.74) is 0.871. The van der Waals surface area contributed by atoms with Gasteiger partial charge in [-0.3, -0.25) is 4.79 Å². The molecule has 0 aliphatic carbocycles. The molecule has 2 aromatic rings. The van der Waals surface area contributed by atoms with Crippen molar-refractivity contribution in [3.63, 3.8) is 0 Å². The summed E-state index contributed by atoms with van der Waals surface area (Å²) < 4.78 is 18.3. The Kier molecular flexibility index (Phi) is 5.11. The number of allylic oxidation sites excluding steroid dienone is 1. The molecular weight excluding hydrogens is 406 g/mol. The Morgan fingerprint density at radius 2 is 1.94 bits per heavy atom. The maximum Gasteiger partial charge on any atom is 0.344 e. The van der Waals surface area contributed by atoms with Crippen LogP contribution in [0.5, 0.6) is 11.5 Å². The first kappa shape index (κ1) is 20.9. The Labute approximate surface area is 187 Å². The van der Waals surface area contributed by atoms with E-state index in [0.717, 1.165) is 32.4 Å². The lowest BCUT2D eigenvalue weighted by Crippen LogP contribution is -2.29. The Morgan fingerprint density at radius 1 is 1.16 bits per heavy atom. The van der Waals surface area contributed by atoms with Crippen LogP contribution in [0.25, 0.3) is 17.0 Å². The zero-order valence-corrected chi connectivity index (χ0v) is 18.9. The normalized spacial score (nSPS) is 20.7. The molecule has 4 heterocycles. The van der Waals surface area contributed by atoms with Crippen LogP contribution in [0, 0.1) is 6.07 Å². The van der Waals surface area contributed by atoms with Crippen LogP contribution in [0.15, 0.2) is 27.2 Å². The summed E-state index contributed by atoms with van der Waals surface area (Å²) in [5, 5.41) is 0.651. The second-order valence-corrected chi connectivity index (χ2v) is 9.33. The highest BCUT2D eigenvalue weighted by molar-refractivity contribution is 6.14. The highest BCUT2D eigenvalue weighted by Crippen LogP contribution is 2.49. The number of Topliss-reactive ketones (excluding diaryl/α,β-unsaturated/α-hetero) is 1. The van der Waals surface area contributed by atoms with Gasteiger partial charge in [0, 0.05) is 19.3 Å². The molecular formula is C26H28NO5. The number of rotatable bonds is 3. The number of ether oxygens (including phenoxy) is 2. The van der Waals surface area contributed by atoms with E-state index < -0.39 is 11.2 Å². The number of carbonyl (C=O) groups is 1. The molecule has 32 heavy (non-hydrogen) atoms. The number of likely N-dealkylation sites (tertiary alicyclic amines) is 1. The highest BCUT2D eigenvalue weighted by Gasteiger charge is 2.36. The number of aryl methyl sites for hydroxylation is 1. The van der Waals surface area contributed by atoms with E-state index in [9.17, 15) is 9.59 Å². The number of hydrogen-bond acceptors (Lipinski definition) is 6. The molecule has 167 valence electrons. The van der Waals surface area contributed by atoms with Crippen molar-refractivity contribution >= 4 is 22.8 Å². The van der Waals surface area contributed by atoms with Crippen molar-refractivity contribution in [2.45, 2.75) is 64.9 Å². The zero-order valence-electron chi connectivity index (χ0n) is 18.9. The molecule has 1 fully saturated rings. The van der Waals surface area contributed by atoms with Gasteiger partial charge in [-0.1, -0.05) is 13.3 Å². The maximum absolute atomic E-state index is 13.4. The summed E-state index contributed by atoms with van der Waals surface area (Å²) in [7, 11) is 0. The van der Waals surface area contributed by atoms with E-state index in [0.29, 0.717) is 45.8 Å². The molecule has 1 radical (unpaired) electrons. The third-order valence-electron chi connectivity index (χ3n) is 6.23. The molecule has 1 aromatic heterocycles. The number of piperidine rings is 1. The minimum atomic E-state index is -0.587. The van der Waals surface area contributed by atoms with Gasteiger partial charge in [-0.05, 0) is 57.2 Å². The van der Waals surface area contributed by atoms with Crippen LogP contribution in [0.3, 0.4) is 0 Å². The first-order valence-corrected chi connectivity index (χ1v) is 11.5. The van der Waals surface area contributed by atoms with Crippen molar-refractivity contribution in [2.24, 2.45) is 0 Å². The zero-order chi connectivity index (χ0) is 22.5. The van der Waals surface area contributed by atoms with E-state index in [1.165, 1.54) is 6.42 Å². The van der Waals surface area contributed by atoms with Crippen molar-refractivity contribution in [3.05, 3.63) is 51.2 Å². The van der Waals surface area contributed by atoms with Crippen LogP contribution < -0.4 is 15.1 Å². The van der Waals surface area contributed by atoms with Crippen LogP contribution in [-0.4, -0.2) is 29.4 Å². The summed E-state index contributed by atoms with van der Waals surface area (Å²) in [6, 6.07) is 2.82. The topological polar surface area (TPSA) is 69.0 Å². The fourth-order valence-electron chi connectivity index (χ4n) is 4.76. The number of fused-ring (bicyclic) bond motifs is 6. The number of carbonyl (C=O) groups excluding carboxylic acids is 1. The largest absolute Gasteiger partial charge is 0.482 e. The van der Waals surface area contributed by atoms with Crippen molar-refractivity contribution in [3.8, 4) is 11.5 Å². The van der Waals surface area contributed by atoms with Crippen molar-refractivity contribution in [1.29, 1.82) is 0 Å². The molecule has 6 nitrogen and oxygen atoms in total. The SMILES string of the molecule is CCCc1[c]c(=O)oc2c3c(c4c(c12)OC(C)(C)C=C4)OC(=CN1CCCCC1)CC3=O. The summed E-state index contributed by atoms with van der Waals surface area (Å²) in [5.74, 6) is 1.50. The molecule has 0 atom stereocenters. The van der Waals surface area contributed by atoms with Crippen LogP contribution >= 0.6 is 0 Å². The maximum atomic E-state index is 13.4. The minimum Gasteiger partial charge on any atom is -0.482 e. The highest BCUT2D eigenvalue weighted by atomic mass is 16.5. The van der Waals surface area contributed by atoms with E-state index in [4.69, 9.17) is 13.9 Å². The van der Waals surface area contributed by atoms with Gasteiger partial charge < -0.3 is 18.8 Å². The van der Waals surface area contributed by atoms with Gasteiger partial charge in [0.25, 0.3) is 0 Å². The number of hydrogen-bond donors (Lipinski definition) is 0. The molecule has 5 rings (SSSR count).